The highest BCUT2D eigenvalue weighted by molar-refractivity contribution is 5.71. The van der Waals surface area contributed by atoms with E-state index in [-0.39, 0.29) is 31.1 Å². The minimum absolute atomic E-state index is 0.0724. The van der Waals surface area contributed by atoms with E-state index >= 15 is 0 Å². The van der Waals surface area contributed by atoms with Crippen molar-refractivity contribution >= 4 is 17.9 Å². The Labute approximate surface area is 461 Å². The Kier molecular flexibility index (Phi) is 61.1. The summed E-state index contributed by atoms with van der Waals surface area (Å²) in [6.45, 7) is 6.68. The Morgan fingerprint density at radius 1 is 0.270 bits per heavy atom. The molecule has 1 atom stereocenters. The summed E-state index contributed by atoms with van der Waals surface area (Å²) >= 11 is 0. The first-order chi connectivity index (χ1) is 36.5. The quantitative estimate of drug-likeness (QED) is 0.0261. The molecular weight excluding hydrogens is 913 g/mol. The van der Waals surface area contributed by atoms with Gasteiger partial charge < -0.3 is 14.2 Å². The summed E-state index contributed by atoms with van der Waals surface area (Å²) < 4.78 is 17.0. The van der Waals surface area contributed by atoms with Crippen LogP contribution in [0.2, 0.25) is 0 Å². The number of ether oxygens (including phenoxy) is 3. The van der Waals surface area contributed by atoms with Gasteiger partial charge in [-0.05, 0) is 77.0 Å². The van der Waals surface area contributed by atoms with Crippen LogP contribution in [-0.4, -0.2) is 37.2 Å². The molecule has 0 fully saturated rings. The van der Waals surface area contributed by atoms with Gasteiger partial charge in [-0.25, -0.2) is 0 Å². The van der Waals surface area contributed by atoms with E-state index in [0.29, 0.717) is 19.3 Å². The monoisotopic (exact) mass is 1040 g/mol. The molecule has 0 aliphatic rings. The van der Waals surface area contributed by atoms with Crippen molar-refractivity contribution in [2.45, 2.75) is 367 Å². The van der Waals surface area contributed by atoms with Crippen LogP contribution in [0, 0.1) is 0 Å². The second kappa shape index (κ2) is 63.2. The lowest BCUT2D eigenvalue weighted by Crippen LogP contribution is -2.30. The predicted octanol–water partition coefficient (Wildman–Crippen LogP) is 22.4. The molecule has 6 nitrogen and oxygen atoms in total. The number of hydrogen-bond acceptors (Lipinski definition) is 6. The molecule has 0 aliphatic heterocycles. The molecule has 0 rings (SSSR count). The molecule has 0 saturated heterocycles. The van der Waals surface area contributed by atoms with Crippen LogP contribution in [0.3, 0.4) is 0 Å². The van der Waals surface area contributed by atoms with E-state index < -0.39 is 6.10 Å². The van der Waals surface area contributed by atoms with E-state index in [9.17, 15) is 14.4 Å². The van der Waals surface area contributed by atoms with Crippen molar-refractivity contribution in [3.63, 3.8) is 0 Å². The largest absolute Gasteiger partial charge is 0.462 e. The zero-order valence-electron chi connectivity index (χ0n) is 49.9. The molecule has 1 unspecified atom stereocenters. The van der Waals surface area contributed by atoms with Gasteiger partial charge in [0.1, 0.15) is 13.2 Å². The van der Waals surface area contributed by atoms with Gasteiger partial charge in [0.25, 0.3) is 0 Å². The number of esters is 3. The van der Waals surface area contributed by atoms with Crippen molar-refractivity contribution in [1.82, 2.24) is 0 Å². The Hall–Kier alpha value is -2.37. The first-order valence-corrected chi connectivity index (χ1v) is 33.0. The molecular formula is C68H126O6. The average molecular weight is 1040 g/mol. The van der Waals surface area contributed by atoms with Crippen LogP contribution in [0.25, 0.3) is 0 Å². The smallest absolute Gasteiger partial charge is 0.306 e. The lowest BCUT2D eigenvalue weighted by atomic mass is 10.0. The summed E-state index contributed by atoms with van der Waals surface area (Å²) in [6, 6.07) is 0. The van der Waals surface area contributed by atoms with Gasteiger partial charge in [0.05, 0.1) is 0 Å². The van der Waals surface area contributed by atoms with E-state index in [1.165, 1.54) is 250 Å². The first kappa shape index (κ1) is 71.6. The van der Waals surface area contributed by atoms with Crippen molar-refractivity contribution in [2.24, 2.45) is 0 Å². The SMILES string of the molecule is CCCCCC/C=C\C/C=C\CCCCCCCCCC(=O)OC(COC(=O)CCCCCCCCC/C=C\CCCCCCCCC)COC(=O)CCCCCCCCCCCCCCCCCCCCCC. The third-order valence-corrected chi connectivity index (χ3v) is 14.9. The zero-order chi connectivity index (χ0) is 53.6. The van der Waals surface area contributed by atoms with E-state index in [1.807, 2.05) is 0 Å². The molecule has 0 N–H and O–H groups in total. The molecule has 0 aromatic heterocycles. The van der Waals surface area contributed by atoms with Gasteiger partial charge in [-0.2, -0.15) is 0 Å². The maximum absolute atomic E-state index is 12.9. The van der Waals surface area contributed by atoms with Crippen molar-refractivity contribution in [1.29, 1.82) is 0 Å². The van der Waals surface area contributed by atoms with Gasteiger partial charge in [0.2, 0.25) is 0 Å². The van der Waals surface area contributed by atoms with Crippen LogP contribution >= 0.6 is 0 Å². The maximum atomic E-state index is 12.9. The fourth-order valence-electron chi connectivity index (χ4n) is 9.88. The van der Waals surface area contributed by atoms with Crippen molar-refractivity contribution in [3.8, 4) is 0 Å². The fraction of sp³-hybridized carbons (Fsp3) is 0.868. The normalized spacial score (nSPS) is 12.2. The predicted molar refractivity (Wildman–Crippen MR) is 321 cm³/mol. The molecule has 6 heteroatoms. The van der Waals surface area contributed by atoms with E-state index in [2.05, 4.69) is 57.2 Å². The number of allylic oxidation sites excluding steroid dienone is 6. The molecule has 0 saturated carbocycles. The number of unbranched alkanes of at least 4 members (excludes halogenated alkanes) is 44. The lowest BCUT2D eigenvalue weighted by Gasteiger charge is -2.18. The first-order valence-electron chi connectivity index (χ1n) is 33.0. The van der Waals surface area contributed by atoms with Crippen molar-refractivity contribution in [2.75, 3.05) is 13.2 Å². The molecule has 434 valence electrons. The number of carbonyl (C=O) groups excluding carboxylic acids is 3. The fourth-order valence-corrected chi connectivity index (χ4v) is 9.88. The highest BCUT2D eigenvalue weighted by atomic mass is 16.6. The van der Waals surface area contributed by atoms with Gasteiger partial charge in [-0.1, -0.05) is 301 Å². The third-order valence-electron chi connectivity index (χ3n) is 14.9. The Morgan fingerprint density at radius 3 is 0.770 bits per heavy atom. The van der Waals surface area contributed by atoms with Crippen LogP contribution in [0.1, 0.15) is 361 Å². The van der Waals surface area contributed by atoms with Crippen molar-refractivity contribution in [3.05, 3.63) is 36.5 Å². The van der Waals surface area contributed by atoms with Crippen molar-refractivity contribution < 1.29 is 28.6 Å². The zero-order valence-corrected chi connectivity index (χ0v) is 49.9. The van der Waals surface area contributed by atoms with E-state index in [4.69, 9.17) is 14.2 Å². The molecule has 0 bridgehead atoms. The average Bonchev–Trinajstić information content (AvgIpc) is 3.40. The van der Waals surface area contributed by atoms with Crippen LogP contribution in [0.5, 0.6) is 0 Å². The summed E-state index contributed by atoms with van der Waals surface area (Å²) in [7, 11) is 0. The molecule has 0 heterocycles. The Morgan fingerprint density at radius 2 is 0.486 bits per heavy atom. The molecule has 0 amide bonds. The van der Waals surface area contributed by atoms with Gasteiger partial charge >= 0.3 is 17.9 Å². The molecule has 0 aliphatic carbocycles. The second-order valence-electron chi connectivity index (χ2n) is 22.4. The van der Waals surface area contributed by atoms with Gasteiger partial charge in [0, 0.05) is 19.3 Å². The van der Waals surface area contributed by atoms with Crippen LogP contribution in [0.4, 0.5) is 0 Å². The Balaban J connectivity index is 4.34. The highest BCUT2D eigenvalue weighted by Gasteiger charge is 2.19. The van der Waals surface area contributed by atoms with Gasteiger partial charge in [0.15, 0.2) is 6.10 Å². The topological polar surface area (TPSA) is 78.9 Å². The summed E-state index contributed by atoms with van der Waals surface area (Å²) in [5, 5.41) is 0. The summed E-state index contributed by atoms with van der Waals surface area (Å²) in [5.74, 6) is -0.859. The summed E-state index contributed by atoms with van der Waals surface area (Å²) in [6.07, 6.45) is 77.2. The van der Waals surface area contributed by atoms with E-state index in [0.717, 1.165) is 70.6 Å². The third kappa shape index (κ3) is 60.5. The number of hydrogen-bond donors (Lipinski definition) is 0. The summed E-state index contributed by atoms with van der Waals surface area (Å²) in [4.78, 5) is 38.4. The van der Waals surface area contributed by atoms with Gasteiger partial charge in [-0.3, -0.25) is 14.4 Å². The van der Waals surface area contributed by atoms with Crippen LogP contribution in [-0.2, 0) is 28.6 Å². The highest BCUT2D eigenvalue weighted by Crippen LogP contribution is 2.18. The molecule has 0 radical (unpaired) electrons. The van der Waals surface area contributed by atoms with Crippen LogP contribution in [0.15, 0.2) is 36.5 Å². The minimum atomic E-state index is -0.777. The number of rotatable bonds is 61. The molecule has 0 aromatic rings. The lowest BCUT2D eigenvalue weighted by molar-refractivity contribution is -0.167. The number of carbonyl (C=O) groups is 3. The maximum Gasteiger partial charge on any atom is 0.306 e. The van der Waals surface area contributed by atoms with Gasteiger partial charge in [-0.15, -0.1) is 0 Å². The summed E-state index contributed by atoms with van der Waals surface area (Å²) in [5.41, 5.74) is 0. The van der Waals surface area contributed by atoms with Crippen LogP contribution < -0.4 is 0 Å². The second-order valence-corrected chi connectivity index (χ2v) is 22.4. The Bertz CT molecular complexity index is 1240. The molecule has 0 aromatic carbocycles. The standard InChI is InChI=1S/C68H126O6/c1-4-7-10-13-16-19-22-25-28-31-34-35-38-40-43-46-49-52-55-58-61-67(70)73-64-65(74-68(71)62-59-56-53-50-47-44-41-37-33-30-27-24-21-18-15-12-9-6-3)63-72-66(69)60-57-54-51-48-45-42-39-36-32-29-26-23-20-17-14-11-8-5-2/h21,24,29-30,32-33,65H,4-20,22-23,25-28,31,34-64H2,1-3H3/b24-21-,32-29-,33-30-. The minimum Gasteiger partial charge on any atom is -0.462 e. The molecule has 74 heavy (non-hydrogen) atoms. The van der Waals surface area contributed by atoms with E-state index in [1.54, 1.807) is 0 Å². The molecule has 0 spiro atoms.